The van der Waals surface area contributed by atoms with Crippen LogP contribution in [0.5, 0.6) is 0 Å². The second-order valence-corrected chi connectivity index (χ2v) is 4.93. The average Bonchev–Trinajstić information content (AvgIpc) is 3.12. The van der Waals surface area contributed by atoms with E-state index in [4.69, 9.17) is 0 Å². The van der Waals surface area contributed by atoms with Gasteiger partial charge in [-0.05, 0) is 24.8 Å². The van der Waals surface area contributed by atoms with Gasteiger partial charge in [0.05, 0.1) is 0 Å². The van der Waals surface area contributed by atoms with E-state index in [2.05, 4.69) is 35.5 Å². The number of nitrogens with zero attached hydrogens (tertiary/aromatic N) is 8. The van der Waals surface area contributed by atoms with E-state index in [-0.39, 0.29) is 0 Å². The molecule has 0 aliphatic rings. The summed E-state index contributed by atoms with van der Waals surface area (Å²) in [5.41, 5.74) is 0. The van der Waals surface area contributed by atoms with Gasteiger partial charge in [0, 0.05) is 26.0 Å². The Bertz CT molecular complexity index is 721. The average molecular weight is 303 g/mol. The van der Waals surface area contributed by atoms with Crippen molar-refractivity contribution in [3.63, 3.8) is 0 Å². The molecule has 0 fully saturated rings. The quantitative estimate of drug-likeness (QED) is 0.738. The standard InChI is InChI=1S/C11H13N9S/c1-3-12-8-16-9(20-6-4-5-14-20)18-10(17-8)21-11-13-7-15-19(11)2/h4-7H,3H2,1-2H3,(H,12,16,17,18). The van der Waals surface area contributed by atoms with Crippen LogP contribution in [0.2, 0.25) is 0 Å². The van der Waals surface area contributed by atoms with Crippen LogP contribution in [-0.4, -0.2) is 46.0 Å². The Morgan fingerprint density at radius 2 is 2.14 bits per heavy atom. The maximum absolute atomic E-state index is 4.39. The molecule has 0 radical (unpaired) electrons. The van der Waals surface area contributed by atoms with Crippen molar-refractivity contribution in [2.24, 2.45) is 7.05 Å². The van der Waals surface area contributed by atoms with Crippen LogP contribution in [0.4, 0.5) is 5.95 Å². The van der Waals surface area contributed by atoms with Gasteiger partial charge in [-0.2, -0.15) is 25.1 Å². The minimum Gasteiger partial charge on any atom is -0.354 e. The third kappa shape index (κ3) is 2.99. The van der Waals surface area contributed by atoms with E-state index in [1.165, 1.54) is 18.1 Å². The van der Waals surface area contributed by atoms with Crippen molar-refractivity contribution in [2.45, 2.75) is 17.2 Å². The molecule has 3 rings (SSSR count). The fourth-order valence-corrected chi connectivity index (χ4v) is 2.28. The number of aryl methyl sites for hydroxylation is 1. The SMILES string of the molecule is CCNc1nc(Sc2ncnn2C)nc(-n2cccn2)n1. The number of nitrogens with one attached hydrogen (secondary N) is 1. The fraction of sp³-hybridized carbons (Fsp3) is 0.273. The monoisotopic (exact) mass is 303 g/mol. The lowest BCUT2D eigenvalue weighted by atomic mass is 10.7. The molecule has 21 heavy (non-hydrogen) atoms. The smallest absolute Gasteiger partial charge is 0.256 e. The molecule has 1 N–H and O–H groups in total. The van der Waals surface area contributed by atoms with Gasteiger partial charge in [-0.1, -0.05) is 0 Å². The summed E-state index contributed by atoms with van der Waals surface area (Å²) in [7, 11) is 1.82. The van der Waals surface area contributed by atoms with E-state index in [1.54, 1.807) is 21.8 Å². The first-order valence-electron chi connectivity index (χ1n) is 6.28. The Labute approximate surface area is 124 Å². The molecule has 0 bridgehead atoms. The Kier molecular flexibility index (Phi) is 3.77. The normalized spacial score (nSPS) is 10.8. The van der Waals surface area contributed by atoms with Crippen molar-refractivity contribution in [2.75, 3.05) is 11.9 Å². The maximum Gasteiger partial charge on any atom is 0.256 e. The molecule has 0 amide bonds. The van der Waals surface area contributed by atoms with Crippen LogP contribution in [0.1, 0.15) is 6.92 Å². The first-order valence-corrected chi connectivity index (χ1v) is 7.09. The Balaban J connectivity index is 1.97. The molecule has 0 spiro atoms. The third-order valence-electron chi connectivity index (χ3n) is 2.50. The minimum atomic E-state index is 0.454. The number of rotatable bonds is 5. The second kappa shape index (κ2) is 5.87. The topological polar surface area (TPSA) is 99.2 Å². The molecule has 10 heteroatoms. The number of hydrogen-bond acceptors (Lipinski definition) is 8. The summed E-state index contributed by atoms with van der Waals surface area (Å²) in [6, 6.07) is 1.81. The van der Waals surface area contributed by atoms with Crippen LogP contribution >= 0.6 is 11.8 Å². The van der Waals surface area contributed by atoms with Crippen molar-refractivity contribution < 1.29 is 0 Å². The van der Waals surface area contributed by atoms with E-state index >= 15 is 0 Å². The zero-order valence-corrected chi connectivity index (χ0v) is 12.3. The van der Waals surface area contributed by atoms with Gasteiger partial charge in [0.25, 0.3) is 5.95 Å². The van der Waals surface area contributed by atoms with Crippen LogP contribution in [0.25, 0.3) is 5.95 Å². The molecule has 9 nitrogen and oxygen atoms in total. The molecule has 3 heterocycles. The summed E-state index contributed by atoms with van der Waals surface area (Å²) in [4.78, 5) is 17.2. The summed E-state index contributed by atoms with van der Waals surface area (Å²) in [6.07, 6.45) is 4.94. The number of hydrogen-bond donors (Lipinski definition) is 1. The van der Waals surface area contributed by atoms with E-state index in [9.17, 15) is 0 Å². The first kappa shape index (κ1) is 13.5. The maximum atomic E-state index is 4.39. The Morgan fingerprint density at radius 3 is 2.81 bits per heavy atom. The summed E-state index contributed by atoms with van der Waals surface area (Å²) in [6.45, 7) is 2.70. The molecule has 0 saturated carbocycles. The minimum absolute atomic E-state index is 0.454. The van der Waals surface area contributed by atoms with E-state index in [0.717, 1.165) is 6.54 Å². The molecule has 108 valence electrons. The predicted molar refractivity (Wildman–Crippen MR) is 76.2 cm³/mol. The second-order valence-electron chi connectivity index (χ2n) is 3.99. The third-order valence-corrected chi connectivity index (χ3v) is 3.42. The molecule has 0 atom stereocenters. The molecule has 3 aromatic heterocycles. The van der Waals surface area contributed by atoms with Crippen molar-refractivity contribution in [3.05, 3.63) is 24.8 Å². The van der Waals surface area contributed by atoms with Gasteiger partial charge in [-0.3, -0.25) is 0 Å². The lowest BCUT2D eigenvalue weighted by Gasteiger charge is -2.06. The lowest BCUT2D eigenvalue weighted by molar-refractivity contribution is 0.682. The van der Waals surface area contributed by atoms with Gasteiger partial charge in [0.2, 0.25) is 11.1 Å². The van der Waals surface area contributed by atoms with Crippen LogP contribution < -0.4 is 5.32 Å². The van der Waals surface area contributed by atoms with Crippen molar-refractivity contribution in [1.82, 2.24) is 39.5 Å². The Hall–Kier alpha value is -2.49. The number of anilines is 1. The predicted octanol–water partition coefficient (Wildman–Crippen LogP) is 0.769. The highest BCUT2D eigenvalue weighted by Gasteiger charge is 2.12. The summed E-state index contributed by atoms with van der Waals surface area (Å²) >= 11 is 1.32. The van der Waals surface area contributed by atoms with Gasteiger partial charge in [0.1, 0.15) is 6.33 Å². The summed E-state index contributed by atoms with van der Waals surface area (Å²) < 4.78 is 3.25. The van der Waals surface area contributed by atoms with E-state index < -0.39 is 0 Å². The van der Waals surface area contributed by atoms with Crippen LogP contribution in [0.15, 0.2) is 35.1 Å². The highest BCUT2D eigenvalue weighted by Crippen LogP contribution is 2.22. The van der Waals surface area contributed by atoms with Gasteiger partial charge < -0.3 is 5.32 Å². The van der Waals surface area contributed by atoms with Crippen LogP contribution in [0.3, 0.4) is 0 Å². The van der Waals surface area contributed by atoms with Crippen molar-refractivity contribution >= 4 is 17.7 Å². The fourth-order valence-electron chi connectivity index (χ4n) is 1.58. The van der Waals surface area contributed by atoms with Crippen LogP contribution in [-0.2, 0) is 7.05 Å². The van der Waals surface area contributed by atoms with Gasteiger partial charge in [0.15, 0.2) is 5.16 Å². The summed E-state index contributed by atoms with van der Waals surface area (Å²) in [5.74, 6) is 0.957. The molecule has 0 unspecified atom stereocenters. The number of aromatic nitrogens is 8. The largest absolute Gasteiger partial charge is 0.354 e. The molecule has 0 aromatic carbocycles. The van der Waals surface area contributed by atoms with Gasteiger partial charge >= 0.3 is 0 Å². The molecular weight excluding hydrogens is 290 g/mol. The highest BCUT2D eigenvalue weighted by atomic mass is 32.2. The first-order chi connectivity index (χ1) is 10.3. The zero-order chi connectivity index (χ0) is 14.7. The summed E-state index contributed by atoms with van der Waals surface area (Å²) in [5, 5.41) is 12.5. The molecular formula is C11H13N9S. The van der Waals surface area contributed by atoms with Crippen LogP contribution in [0, 0.1) is 0 Å². The highest BCUT2D eigenvalue weighted by molar-refractivity contribution is 7.99. The molecule has 0 saturated heterocycles. The molecule has 0 aliphatic carbocycles. The van der Waals surface area contributed by atoms with Gasteiger partial charge in [-0.25, -0.2) is 14.3 Å². The van der Waals surface area contributed by atoms with Crippen molar-refractivity contribution in [1.29, 1.82) is 0 Å². The van der Waals surface area contributed by atoms with E-state index in [1.807, 2.05) is 20.0 Å². The van der Waals surface area contributed by atoms with Gasteiger partial charge in [-0.15, -0.1) is 0 Å². The van der Waals surface area contributed by atoms with Crippen molar-refractivity contribution in [3.8, 4) is 5.95 Å². The lowest BCUT2D eigenvalue weighted by Crippen LogP contribution is -2.10. The molecule has 3 aromatic rings. The van der Waals surface area contributed by atoms with E-state index in [0.29, 0.717) is 22.2 Å². The zero-order valence-electron chi connectivity index (χ0n) is 11.5. The Morgan fingerprint density at radius 1 is 1.24 bits per heavy atom. The molecule has 0 aliphatic heterocycles.